The quantitative estimate of drug-likeness (QED) is 0.637. The highest BCUT2D eigenvalue weighted by Gasteiger charge is 2.33. The van der Waals surface area contributed by atoms with E-state index in [0.29, 0.717) is 19.1 Å². The smallest absolute Gasteiger partial charge is 0.337 e. The van der Waals surface area contributed by atoms with Crippen molar-refractivity contribution in [1.82, 2.24) is 15.1 Å². The fraction of sp³-hybridized carbons (Fsp3) is 0.846. The van der Waals surface area contributed by atoms with Gasteiger partial charge in [0.1, 0.15) is 0 Å². The number of nitrogens with zero attached hydrogens (tertiary/aromatic N) is 2. The number of aliphatic carboxylic acids is 1. The van der Waals surface area contributed by atoms with Gasteiger partial charge in [0, 0.05) is 19.1 Å². The van der Waals surface area contributed by atoms with E-state index in [1.165, 1.54) is 0 Å². The molecule has 3 N–H and O–H groups in total. The first kappa shape index (κ1) is 16.7. The van der Waals surface area contributed by atoms with E-state index >= 15 is 0 Å². The van der Waals surface area contributed by atoms with Crippen molar-refractivity contribution in [3.8, 4) is 0 Å². The molecule has 0 spiro atoms. The van der Waals surface area contributed by atoms with Crippen LogP contribution in [0, 0.1) is 0 Å². The van der Waals surface area contributed by atoms with Gasteiger partial charge >= 0.3 is 12.0 Å². The molecular weight excluding hydrogens is 262 g/mol. The third-order valence-corrected chi connectivity index (χ3v) is 3.82. The van der Waals surface area contributed by atoms with Gasteiger partial charge in [0.15, 0.2) is 5.60 Å². The fourth-order valence-corrected chi connectivity index (χ4v) is 2.40. The Balaban J connectivity index is 2.45. The van der Waals surface area contributed by atoms with Crippen molar-refractivity contribution < 1.29 is 19.8 Å². The van der Waals surface area contributed by atoms with Crippen LogP contribution >= 0.6 is 0 Å². The first-order valence-electron chi connectivity index (χ1n) is 7.04. The Bertz CT molecular complexity index is 356. The summed E-state index contributed by atoms with van der Waals surface area (Å²) in [6.07, 6.45) is 0.921. The number of carboxylic acids is 1. The van der Waals surface area contributed by atoms with Gasteiger partial charge in [-0.25, -0.2) is 9.59 Å². The van der Waals surface area contributed by atoms with Crippen LogP contribution in [-0.2, 0) is 4.79 Å². The molecule has 0 aromatic heterocycles. The number of hydrogen-bond acceptors (Lipinski definition) is 4. The Morgan fingerprint density at radius 3 is 2.50 bits per heavy atom. The lowest BCUT2D eigenvalue weighted by Gasteiger charge is -2.26. The molecule has 7 nitrogen and oxygen atoms in total. The van der Waals surface area contributed by atoms with Crippen LogP contribution in [0.4, 0.5) is 4.79 Å². The number of amides is 2. The van der Waals surface area contributed by atoms with Crippen LogP contribution in [0.25, 0.3) is 0 Å². The molecule has 0 bridgehead atoms. The molecular formula is C13H25N3O4. The highest BCUT2D eigenvalue weighted by Crippen LogP contribution is 2.15. The lowest BCUT2D eigenvalue weighted by atomic mass is 10.1. The first-order valence-corrected chi connectivity index (χ1v) is 7.04. The lowest BCUT2D eigenvalue weighted by Crippen LogP contribution is -2.50. The minimum Gasteiger partial charge on any atom is -0.479 e. The summed E-state index contributed by atoms with van der Waals surface area (Å²) in [6, 6.07) is 0.0388. The van der Waals surface area contributed by atoms with E-state index in [0.717, 1.165) is 26.4 Å². The molecule has 2 atom stereocenters. The average molecular weight is 287 g/mol. The summed E-state index contributed by atoms with van der Waals surface area (Å²) in [4.78, 5) is 26.7. The van der Waals surface area contributed by atoms with Crippen molar-refractivity contribution in [2.24, 2.45) is 0 Å². The monoisotopic (exact) mass is 287 g/mol. The third kappa shape index (κ3) is 4.08. The van der Waals surface area contributed by atoms with Gasteiger partial charge in [-0.3, -0.25) is 4.90 Å². The van der Waals surface area contributed by atoms with E-state index in [4.69, 9.17) is 5.11 Å². The van der Waals surface area contributed by atoms with Gasteiger partial charge < -0.3 is 20.4 Å². The number of nitrogens with one attached hydrogen (secondary N) is 1. The zero-order valence-electron chi connectivity index (χ0n) is 12.4. The lowest BCUT2D eigenvalue weighted by molar-refractivity contribution is -0.155. The maximum atomic E-state index is 12.0. The Hall–Kier alpha value is -1.34. The minimum absolute atomic E-state index is 0.298. The number of carboxylic acid groups (broad SMARTS) is 1. The first-order chi connectivity index (χ1) is 9.31. The van der Waals surface area contributed by atoms with Gasteiger partial charge in [0.05, 0.1) is 6.54 Å². The summed E-state index contributed by atoms with van der Waals surface area (Å²) in [5.74, 6) is -1.35. The van der Waals surface area contributed by atoms with E-state index in [9.17, 15) is 14.7 Å². The highest BCUT2D eigenvalue weighted by atomic mass is 16.4. The van der Waals surface area contributed by atoms with Crippen molar-refractivity contribution >= 4 is 12.0 Å². The molecule has 20 heavy (non-hydrogen) atoms. The molecule has 1 heterocycles. The summed E-state index contributed by atoms with van der Waals surface area (Å²) >= 11 is 0. The van der Waals surface area contributed by atoms with Crippen molar-refractivity contribution in [3.63, 3.8) is 0 Å². The Kier molecular flexibility index (Phi) is 5.76. The van der Waals surface area contributed by atoms with Crippen molar-refractivity contribution in [3.05, 3.63) is 0 Å². The molecule has 2 unspecified atom stereocenters. The van der Waals surface area contributed by atoms with Gasteiger partial charge in [-0.2, -0.15) is 0 Å². The van der Waals surface area contributed by atoms with Crippen LogP contribution in [0.2, 0.25) is 0 Å². The van der Waals surface area contributed by atoms with E-state index in [1.54, 1.807) is 4.90 Å². The Morgan fingerprint density at radius 1 is 1.40 bits per heavy atom. The van der Waals surface area contributed by atoms with Crippen LogP contribution in [0.15, 0.2) is 0 Å². The summed E-state index contributed by atoms with van der Waals surface area (Å²) in [7, 11) is 0. The second-order valence-corrected chi connectivity index (χ2v) is 5.35. The van der Waals surface area contributed by atoms with E-state index in [-0.39, 0.29) is 12.6 Å². The Labute approximate surface area is 119 Å². The molecule has 1 rings (SSSR count). The normalized spacial score (nSPS) is 21.9. The van der Waals surface area contributed by atoms with Crippen LogP contribution in [0.3, 0.4) is 0 Å². The molecule has 0 aromatic rings. The van der Waals surface area contributed by atoms with E-state index in [2.05, 4.69) is 24.1 Å². The molecule has 116 valence electrons. The summed E-state index contributed by atoms with van der Waals surface area (Å²) in [5.41, 5.74) is -1.94. The molecule has 7 heteroatoms. The summed E-state index contributed by atoms with van der Waals surface area (Å²) < 4.78 is 0. The third-order valence-electron chi connectivity index (χ3n) is 3.82. The zero-order valence-corrected chi connectivity index (χ0v) is 12.4. The highest BCUT2D eigenvalue weighted by molar-refractivity contribution is 5.79. The predicted molar refractivity (Wildman–Crippen MR) is 74.6 cm³/mol. The second-order valence-electron chi connectivity index (χ2n) is 5.35. The number of rotatable bonds is 6. The van der Waals surface area contributed by atoms with Crippen LogP contribution < -0.4 is 5.32 Å². The van der Waals surface area contributed by atoms with E-state index < -0.39 is 11.6 Å². The number of likely N-dealkylation sites (tertiary alicyclic amines) is 1. The average Bonchev–Trinajstić information content (AvgIpc) is 2.87. The summed E-state index contributed by atoms with van der Waals surface area (Å²) in [5, 5.41) is 20.8. The van der Waals surface area contributed by atoms with Gasteiger partial charge in [0.2, 0.25) is 0 Å². The molecule has 0 radical (unpaired) electrons. The molecule has 1 fully saturated rings. The van der Waals surface area contributed by atoms with E-state index in [1.807, 2.05) is 0 Å². The predicted octanol–water partition coefficient (Wildman–Crippen LogP) is -0.0523. The Morgan fingerprint density at radius 2 is 2.00 bits per heavy atom. The van der Waals surface area contributed by atoms with Crippen LogP contribution in [-0.4, -0.2) is 76.4 Å². The minimum atomic E-state index is -1.94. The molecule has 1 saturated heterocycles. The topological polar surface area (TPSA) is 93.1 Å². The maximum absolute atomic E-state index is 12.0. The number of urea groups is 1. The molecule has 1 aliphatic rings. The van der Waals surface area contributed by atoms with Crippen LogP contribution in [0.1, 0.15) is 27.2 Å². The zero-order chi connectivity index (χ0) is 15.3. The number of aliphatic hydroxyl groups is 1. The molecule has 0 aromatic carbocycles. The van der Waals surface area contributed by atoms with Gasteiger partial charge in [-0.1, -0.05) is 13.8 Å². The molecule has 1 aliphatic heterocycles. The summed E-state index contributed by atoms with van der Waals surface area (Å²) in [6.45, 7) is 8.25. The van der Waals surface area contributed by atoms with Crippen LogP contribution in [0.5, 0.6) is 0 Å². The second kappa shape index (κ2) is 6.90. The largest absolute Gasteiger partial charge is 0.479 e. The standard InChI is InChI=1S/C13H25N3O4/c1-4-15(5-2)10-6-7-16(8-10)12(19)14-9-13(3,20)11(17)18/h10,20H,4-9H2,1-3H3,(H,14,19)(H,17,18). The number of carbonyl (C=O) groups is 2. The molecule has 0 saturated carbocycles. The van der Waals surface area contributed by atoms with Gasteiger partial charge in [-0.15, -0.1) is 0 Å². The SMILES string of the molecule is CCN(CC)C1CCN(C(=O)NCC(C)(O)C(=O)O)C1. The fourth-order valence-electron chi connectivity index (χ4n) is 2.40. The van der Waals surface area contributed by atoms with Crippen molar-refractivity contribution in [2.45, 2.75) is 38.8 Å². The maximum Gasteiger partial charge on any atom is 0.337 e. The van der Waals surface area contributed by atoms with Gasteiger partial charge in [0.25, 0.3) is 0 Å². The number of likely N-dealkylation sites (N-methyl/N-ethyl adjacent to an activating group) is 1. The van der Waals surface area contributed by atoms with Crippen molar-refractivity contribution in [2.75, 3.05) is 32.7 Å². The molecule has 0 aliphatic carbocycles. The molecule has 2 amide bonds. The number of hydrogen-bond donors (Lipinski definition) is 3. The van der Waals surface area contributed by atoms with Crippen molar-refractivity contribution in [1.29, 1.82) is 0 Å². The van der Waals surface area contributed by atoms with Gasteiger partial charge in [-0.05, 0) is 26.4 Å². The number of carbonyl (C=O) groups excluding carboxylic acids is 1.